The van der Waals surface area contributed by atoms with E-state index >= 15 is 0 Å². The molecule has 0 saturated heterocycles. The van der Waals surface area contributed by atoms with Crippen molar-refractivity contribution in [3.05, 3.63) is 89.0 Å². The molecule has 0 saturated carbocycles. The average molecular weight is 385 g/mol. The zero-order chi connectivity index (χ0) is 19.2. The van der Waals surface area contributed by atoms with Gasteiger partial charge in [0.1, 0.15) is 11.6 Å². The van der Waals surface area contributed by atoms with Gasteiger partial charge in [0.05, 0.1) is 4.90 Å². The van der Waals surface area contributed by atoms with Gasteiger partial charge >= 0.3 is 0 Å². The van der Waals surface area contributed by atoms with Gasteiger partial charge in [0, 0.05) is 24.1 Å². The summed E-state index contributed by atoms with van der Waals surface area (Å²) in [6.07, 6.45) is 0. The van der Waals surface area contributed by atoms with Gasteiger partial charge in [-0.2, -0.15) is 0 Å². The van der Waals surface area contributed by atoms with Gasteiger partial charge in [0.2, 0.25) is 10.0 Å². The highest BCUT2D eigenvalue weighted by molar-refractivity contribution is 7.89. The second-order valence-electron chi connectivity index (χ2n) is 6.66. The molecule has 4 rings (SSSR count). The molecule has 0 aromatic heterocycles. The number of halogens is 2. The van der Waals surface area contributed by atoms with Crippen molar-refractivity contribution in [2.24, 2.45) is 0 Å². The van der Waals surface area contributed by atoms with Crippen molar-refractivity contribution in [2.45, 2.75) is 17.7 Å². The van der Waals surface area contributed by atoms with E-state index in [1.165, 1.54) is 18.2 Å². The fourth-order valence-electron chi connectivity index (χ4n) is 3.56. The van der Waals surface area contributed by atoms with Crippen LogP contribution >= 0.6 is 0 Å². The molecule has 1 N–H and O–H groups in total. The zero-order valence-electron chi connectivity index (χ0n) is 14.5. The molecule has 0 amide bonds. The number of hydrogen-bond acceptors (Lipinski definition) is 2. The second-order valence-corrected chi connectivity index (χ2v) is 8.42. The SMILES string of the molecule is Cc1ccc(S(=O)(=O)NCC2c3ccccc3-c3c(F)cc(F)cc32)cc1. The van der Waals surface area contributed by atoms with Crippen molar-refractivity contribution in [2.75, 3.05) is 6.54 Å². The summed E-state index contributed by atoms with van der Waals surface area (Å²) in [4.78, 5) is 0.157. The van der Waals surface area contributed by atoms with E-state index in [4.69, 9.17) is 0 Å². The lowest BCUT2D eigenvalue weighted by Gasteiger charge is -2.15. The van der Waals surface area contributed by atoms with E-state index < -0.39 is 27.6 Å². The normalized spacial score (nSPS) is 15.4. The van der Waals surface area contributed by atoms with Crippen molar-refractivity contribution < 1.29 is 17.2 Å². The van der Waals surface area contributed by atoms with Crippen LogP contribution in [0, 0.1) is 18.6 Å². The first-order chi connectivity index (χ1) is 12.9. The molecule has 1 unspecified atom stereocenters. The fraction of sp³-hybridized carbons (Fsp3) is 0.143. The molecule has 6 heteroatoms. The molecule has 1 atom stereocenters. The molecule has 3 aromatic rings. The van der Waals surface area contributed by atoms with Gasteiger partial charge in [-0.25, -0.2) is 21.9 Å². The van der Waals surface area contributed by atoms with Crippen molar-refractivity contribution in [3.63, 3.8) is 0 Å². The van der Waals surface area contributed by atoms with Gasteiger partial charge in [-0.3, -0.25) is 0 Å². The Morgan fingerprint density at radius 1 is 0.963 bits per heavy atom. The van der Waals surface area contributed by atoms with Crippen LogP contribution < -0.4 is 4.72 Å². The van der Waals surface area contributed by atoms with Crippen LogP contribution in [-0.4, -0.2) is 15.0 Å². The van der Waals surface area contributed by atoms with Gasteiger partial charge in [-0.15, -0.1) is 0 Å². The number of sulfonamides is 1. The van der Waals surface area contributed by atoms with Crippen LogP contribution in [0.2, 0.25) is 0 Å². The van der Waals surface area contributed by atoms with E-state index in [0.29, 0.717) is 16.7 Å². The van der Waals surface area contributed by atoms with E-state index in [9.17, 15) is 17.2 Å². The van der Waals surface area contributed by atoms with E-state index in [2.05, 4.69) is 4.72 Å². The molecule has 0 radical (unpaired) electrons. The highest BCUT2D eigenvalue weighted by atomic mass is 32.2. The Morgan fingerprint density at radius 3 is 2.41 bits per heavy atom. The van der Waals surface area contributed by atoms with Gasteiger partial charge < -0.3 is 0 Å². The number of benzene rings is 3. The van der Waals surface area contributed by atoms with Crippen LogP contribution in [-0.2, 0) is 10.0 Å². The highest BCUT2D eigenvalue weighted by Gasteiger charge is 2.32. The second kappa shape index (κ2) is 6.55. The van der Waals surface area contributed by atoms with Crippen molar-refractivity contribution in [1.29, 1.82) is 0 Å². The maximum atomic E-state index is 14.4. The van der Waals surface area contributed by atoms with Crippen LogP contribution in [0.5, 0.6) is 0 Å². The summed E-state index contributed by atoms with van der Waals surface area (Å²) in [5.74, 6) is -1.77. The topological polar surface area (TPSA) is 46.2 Å². The smallest absolute Gasteiger partial charge is 0.210 e. The summed E-state index contributed by atoms with van der Waals surface area (Å²) in [6.45, 7) is 1.89. The van der Waals surface area contributed by atoms with Crippen LogP contribution in [0.4, 0.5) is 8.78 Å². The van der Waals surface area contributed by atoms with Crippen molar-refractivity contribution in [1.82, 2.24) is 4.72 Å². The summed E-state index contributed by atoms with van der Waals surface area (Å²) < 4.78 is 56.0. The lowest BCUT2D eigenvalue weighted by atomic mass is 9.97. The van der Waals surface area contributed by atoms with Crippen molar-refractivity contribution in [3.8, 4) is 11.1 Å². The minimum Gasteiger partial charge on any atom is -0.210 e. The van der Waals surface area contributed by atoms with Crippen LogP contribution in [0.3, 0.4) is 0 Å². The monoisotopic (exact) mass is 385 g/mol. The van der Waals surface area contributed by atoms with Crippen molar-refractivity contribution >= 4 is 10.0 Å². The Balaban J connectivity index is 1.70. The number of rotatable bonds is 4. The highest BCUT2D eigenvalue weighted by Crippen LogP contribution is 2.46. The van der Waals surface area contributed by atoms with Crippen LogP contribution in [0.25, 0.3) is 11.1 Å². The molecule has 27 heavy (non-hydrogen) atoms. The van der Waals surface area contributed by atoms with Gasteiger partial charge in [-0.05, 0) is 41.8 Å². The Kier molecular flexibility index (Phi) is 4.32. The third-order valence-electron chi connectivity index (χ3n) is 4.88. The number of hydrogen-bond donors (Lipinski definition) is 1. The fourth-order valence-corrected chi connectivity index (χ4v) is 4.61. The lowest BCUT2D eigenvalue weighted by Crippen LogP contribution is -2.28. The zero-order valence-corrected chi connectivity index (χ0v) is 15.4. The molecule has 0 bridgehead atoms. The number of nitrogens with one attached hydrogen (secondary N) is 1. The van der Waals surface area contributed by atoms with E-state index in [1.807, 2.05) is 13.0 Å². The minimum absolute atomic E-state index is 0.0170. The molecule has 0 spiro atoms. The Morgan fingerprint density at radius 2 is 1.67 bits per heavy atom. The number of aryl methyl sites for hydroxylation is 1. The molecular weight excluding hydrogens is 368 g/mol. The van der Waals surface area contributed by atoms with Gasteiger partial charge in [0.15, 0.2) is 0 Å². The standard InChI is InChI=1S/C21H17F2NO2S/c1-13-6-8-15(9-7-13)27(25,26)24-12-19-16-4-2-3-5-17(16)21-18(19)10-14(22)11-20(21)23/h2-11,19,24H,12H2,1H3. The summed E-state index contributed by atoms with van der Waals surface area (Å²) in [5.41, 5.74) is 3.21. The summed E-state index contributed by atoms with van der Waals surface area (Å²) >= 11 is 0. The Labute approximate surface area is 156 Å². The van der Waals surface area contributed by atoms with Gasteiger partial charge in [0.25, 0.3) is 0 Å². The van der Waals surface area contributed by atoms with Gasteiger partial charge in [-0.1, -0.05) is 42.0 Å². The predicted octanol–water partition coefficient (Wildman–Crippen LogP) is 4.36. The molecular formula is C21H17F2NO2S. The lowest BCUT2D eigenvalue weighted by molar-refractivity contribution is 0.574. The van der Waals surface area contributed by atoms with E-state index in [0.717, 1.165) is 17.2 Å². The number of fused-ring (bicyclic) bond motifs is 3. The maximum absolute atomic E-state index is 14.4. The molecule has 3 aromatic carbocycles. The first-order valence-electron chi connectivity index (χ1n) is 8.51. The minimum atomic E-state index is -3.73. The molecule has 0 heterocycles. The first kappa shape index (κ1) is 17.8. The third-order valence-corrected chi connectivity index (χ3v) is 6.31. The predicted molar refractivity (Wildman–Crippen MR) is 100 cm³/mol. The summed E-state index contributed by atoms with van der Waals surface area (Å²) in [5, 5.41) is 0. The van der Waals surface area contributed by atoms with E-state index in [1.54, 1.807) is 30.3 Å². The molecule has 1 aliphatic rings. The molecule has 1 aliphatic carbocycles. The summed E-state index contributed by atoms with van der Waals surface area (Å²) in [7, 11) is -3.73. The third kappa shape index (κ3) is 3.15. The Hall–Kier alpha value is -2.57. The Bertz CT molecular complexity index is 1130. The molecule has 0 fully saturated rings. The first-order valence-corrected chi connectivity index (χ1v) is 10.00. The molecule has 0 aliphatic heterocycles. The largest absolute Gasteiger partial charge is 0.240 e. The molecule has 3 nitrogen and oxygen atoms in total. The van der Waals surface area contributed by atoms with E-state index in [-0.39, 0.29) is 11.4 Å². The van der Waals surface area contributed by atoms with Crippen LogP contribution in [0.1, 0.15) is 22.6 Å². The average Bonchev–Trinajstić information content (AvgIpc) is 2.94. The molecule has 138 valence electrons. The van der Waals surface area contributed by atoms with Crippen LogP contribution in [0.15, 0.2) is 65.6 Å². The maximum Gasteiger partial charge on any atom is 0.240 e. The summed E-state index contributed by atoms with van der Waals surface area (Å²) in [6, 6.07) is 15.8. The quantitative estimate of drug-likeness (QED) is 0.725.